The highest BCUT2D eigenvalue weighted by atomic mass is 19.4. The first-order valence-corrected chi connectivity index (χ1v) is 5.64. The molecule has 1 heterocycles. The molecule has 106 valence electrons. The Morgan fingerprint density at radius 2 is 1.80 bits per heavy atom. The molecule has 5 nitrogen and oxygen atoms in total. The first-order chi connectivity index (χ1) is 9.40. The second-order valence-corrected chi connectivity index (χ2v) is 4.07. The van der Waals surface area contributed by atoms with Gasteiger partial charge >= 0.3 is 6.18 Å². The average Bonchev–Trinajstić information content (AvgIpc) is 2.41. The summed E-state index contributed by atoms with van der Waals surface area (Å²) < 4.78 is 37.3. The molecule has 0 amide bonds. The summed E-state index contributed by atoms with van der Waals surface area (Å²) in [5.74, 6) is 5.88. The van der Waals surface area contributed by atoms with Crippen molar-refractivity contribution in [2.45, 2.75) is 13.1 Å². The van der Waals surface area contributed by atoms with Gasteiger partial charge in [0.2, 0.25) is 5.95 Å². The van der Waals surface area contributed by atoms with Crippen molar-refractivity contribution in [3.63, 3.8) is 0 Å². The number of hydrogen-bond acceptors (Lipinski definition) is 5. The van der Waals surface area contributed by atoms with Crippen molar-refractivity contribution in [3.8, 4) is 0 Å². The second kappa shape index (κ2) is 5.33. The van der Waals surface area contributed by atoms with Crippen LogP contribution >= 0.6 is 0 Å². The standard InChI is InChI=1S/C12H12F3N5/c1-7-6-17-11(20-16)19-10(7)18-9-4-2-8(3-5-9)12(13,14)15/h2-6H,16H2,1H3,(H2,17,18,19,20). The van der Waals surface area contributed by atoms with Gasteiger partial charge in [-0.05, 0) is 31.2 Å². The minimum Gasteiger partial charge on any atom is -0.340 e. The highest BCUT2D eigenvalue weighted by Gasteiger charge is 2.29. The molecular weight excluding hydrogens is 271 g/mol. The van der Waals surface area contributed by atoms with Crippen molar-refractivity contribution in [3.05, 3.63) is 41.6 Å². The molecule has 1 aromatic carbocycles. The number of anilines is 3. The van der Waals surface area contributed by atoms with Gasteiger partial charge in [0.05, 0.1) is 5.56 Å². The number of nitrogens with one attached hydrogen (secondary N) is 2. The fourth-order valence-electron chi connectivity index (χ4n) is 1.52. The first-order valence-electron chi connectivity index (χ1n) is 5.64. The third-order valence-electron chi connectivity index (χ3n) is 2.58. The number of hydrazine groups is 1. The third-order valence-corrected chi connectivity index (χ3v) is 2.58. The van der Waals surface area contributed by atoms with Crippen molar-refractivity contribution < 1.29 is 13.2 Å². The Balaban J connectivity index is 2.22. The van der Waals surface area contributed by atoms with E-state index in [-0.39, 0.29) is 5.95 Å². The summed E-state index contributed by atoms with van der Waals surface area (Å²) in [5.41, 5.74) is 2.82. The van der Waals surface area contributed by atoms with Gasteiger partial charge in [-0.2, -0.15) is 18.2 Å². The quantitative estimate of drug-likeness (QED) is 0.596. The molecular formula is C12H12F3N5. The molecule has 8 heteroatoms. The lowest BCUT2D eigenvalue weighted by atomic mass is 10.2. The van der Waals surface area contributed by atoms with Gasteiger partial charge in [-0.1, -0.05) is 0 Å². The fraction of sp³-hybridized carbons (Fsp3) is 0.167. The number of benzene rings is 1. The predicted molar refractivity (Wildman–Crippen MR) is 69.3 cm³/mol. The summed E-state index contributed by atoms with van der Waals surface area (Å²) in [6.07, 6.45) is -2.80. The maximum Gasteiger partial charge on any atom is 0.416 e. The minimum absolute atomic E-state index is 0.213. The number of hydrogen-bond donors (Lipinski definition) is 3. The number of nitrogens with two attached hydrogens (primary N) is 1. The largest absolute Gasteiger partial charge is 0.416 e. The summed E-state index contributed by atoms with van der Waals surface area (Å²) in [4.78, 5) is 7.99. The van der Waals surface area contributed by atoms with Crippen LogP contribution in [0.25, 0.3) is 0 Å². The van der Waals surface area contributed by atoms with Crippen LogP contribution in [0.2, 0.25) is 0 Å². The van der Waals surface area contributed by atoms with Crippen LogP contribution < -0.4 is 16.6 Å². The molecule has 20 heavy (non-hydrogen) atoms. The molecule has 0 atom stereocenters. The van der Waals surface area contributed by atoms with Gasteiger partial charge in [-0.15, -0.1) is 0 Å². The molecule has 0 radical (unpaired) electrons. The predicted octanol–water partition coefficient (Wildman–Crippen LogP) is 2.83. The van der Waals surface area contributed by atoms with E-state index in [1.165, 1.54) is 12.1 Å². The Bertz CT molecular complexity index is 595. The third kappa shape index (κ3) is 3.15. The normalized spacial score (nSPS) is 11.2. The van der Waals surface area contributed by atoms with E-state index >= 15 is 0 Å². The van der Waals surface area contributed by atoms with E-state index in [4.69, 9.17) is 5.84 Å². The Hall–Kier alpha value is -2.35. The zero-order chi connectivity index (χ0) is 14.8. The molecule has 0 aliphatic rings. The minimum atomic E-state index is -4.35. The van der Waals surface area contributed by atoms with E-state index in [1.54, 1.807) is 13.1 Å². The molecule has 4 N–H and O–H groups in total. The molecule has 2 aromatic rings. The summed E-state index contributed by atoms with van der Waals surface area (Å²) in [6.45, 7) is 1.77. The van der Waals surface area contributed by atoms with Crippen molar-refractivity contribution in [1.82, 2.24) is 9.97 Å². The van der Waals surface area contributed by atoms with Crippen LogP contribution in [-0.2, 0) is 6.18 Å². The van der Waals surface area contributed by atoms with E-state index in [9.17, 15) is 13.2 Å². The van der Waals surface area contributed by atoms with Crippen LogP contribution in [0.5, 0.6) is 0 Å². The van der Waals surface area contributed by atoms with Gasteiger partial charge in [0.1, 0.15) is 5.82 Å². The Kier molecular flexibility index (Phi) is 3.75. The molecule has 0 saturated heterocycles. The number of alkyl halides is 3. The van der Waals surface area contributed by atoms with Gasteiger partial charge < -0.3 is 5.32 Å². The molecule has 0 fully saturated rings. The van der Waals surface area contributed by atoms with E-state index in [2.05, 4.69) is 20.7 Å². The lowest BCUT2D eigenvalue weighted by Gasteiger charge is -2.11. The number of aromatic nitrogens is 2. The fourth-order valence-corrected chi connectivity index (χ4v) is 1.52. The van der Waals surface area contributed by atoms with Crippen LogP contribution in [-0.4, -0.2) is 9.97 Å². The Morgan fingerprint density at radius 3 is 2.35 bits per heavy atom. The highest BCUT2D eigenvalue weighted by molar-refractivity contribution is 5.60. The number of rotatable bonds is 3. The Morgan fingerprint density at radius 1 is 1.15 bits per heavy atom. The van der Waals surface area contributed by atoms with Crippen molar-refractivity contribution in [2.75, 3.05) is 10.7 Å². The van der Waals surface area contributed by atoms with E-state index in [0.717, 1.165) is 17.7 Å². The zero-order valence-electron chi connectivity index (χ0n) is 10.5. The molecule has 0 aliphatic heterocycles. The van der Waals surface area contributed by atoms with Crippen molar-refractivity contribution >= 4 is 17.5 Å². The molecule has 0 saturated carbocycles. The zero-order valence-corrected chi connectivity index (χ0v) is 10.5. The topological polar surface area (TPSA) is 75.9 Å². The molecule has 1 aromatic heterocycles. The summed E-state index contributed by atoms with van der Waals surface area (Å²) in [7, 11) is 0. The Labute approximate surface area is 113 Å². The van der Waals surface area contributed by atoms with Crippen LogP contribution in [0.3, 0.4) is 0 Å². The van der Waals surface area contributed by atoms with Gasteiger partial charge in [-0.3, -0.25) is 5.43 Å². The maximum atomic E-state index is 12.4. The van der Waals surface area contributed by atoms with Crippen molar-refractivity contribution in [2.24, 2.45) is 5.84 Å². The van der Waals surface area contributed by atoms with Crippen molar-refractivity contribution in [1.29, 1.82) is 0 Å². The molecule has 0 unspecified atom stereocenters. The van der Waals surface area contributed by atoms with Gasteiger partial charge in [-0.25, -0.2) is 10.8 Å². The maximum absolute atomic E-state index is 12.4. The molecule has 2 rings (SSSR count). The van der Waals surface area contributed by atoms with Crippen LogP contribution in [0.15, 0.2) is 30.5 Å². The van der Waals surface area contributed by atoms with E-state index in [1.807, 2.05) is 0 Å². The van der Waals surface area contributed by atoms with Crippen LogP contribution in [0.4, 0.5) is 30.6 Å². The second-order valence-electron chi connectivity index (χ2n) is 4.07. The summed E-state index contributed by atoms with van der Waals surface area (Å²) in [5, 5.41) is 2.91. The summed E-state index contributed by atoms with van der Waals surface area (Å²) >= 11 is 0. The number of nitrogens with zero attached hydrogens (tertiary/aromatic N) is 2. The number of aryl methyl sites for hydroxylation is 1. The highest BCUT2D eigenvalue weighted by Crippen LogP contribution is 2.30. The lowest BCUT2D eigenvalue weighted by molar-refractivity contribution is -0.137. The average molecular weight is 283 g/mol. The monoisotopic (exact) mass is 283 g/mol. The van der Waals surface area contributed by atoms with Crippen LogP contribution in [0, 0.1) is 6.92 Å². The molecule has 0 aliphatic carbocycles. The first kappa shape index (κ1) is 14.1. The van der Waals surface area contributed by atoms with Gasteiger partial charge in [0, 0.05) is 17.4 Å². The molecule has 0 spiro atoms. The number of halogens is 3. The van der Waals surface area contributed by atoms with E-state index in [0.29, 0.717) is 11.5 Å². The SMILES string of the molecule is Cc1cnc(NN)nc1Nc1ccc(C(F)(F)F)cc1. The van der Waals surface area contributed by atoms with Gasteiger partial charge in [0.25, 0.3) is 0 Å². The van der Waals surface area contributed by atoms with E-state index < -0.39 is 11.7 Å². The number of nitrogen functional groups attached to an aromatic ring is 1. The molecule has 0 bridgehead atoms. The van der Waals surface area contributed by atoms with Crippen LogP contribution in [0.1, 0.15) is 11.1 Å². The van der Waals surface area contributed by atoms with Gasteiger partial charge in [0.15, 0.2) is 0 Å². The summed E-state index contributed by atoms with van der Waals surface area (Å²) in [6, 6.07) is 4.67. The lowest BCUT2D eigenvalue weighted by Crippen LogP contribution is -2.11. The smallest absolute Gasteiger partial charge is 0.340 e.